The topological polar surface area (TPSA) is 37.3 Å². The van der Waals surface area contributed by atoms with Crippen molar-refractivity contribution >= 4 is 5.78 Å². The fourth-order valence-corrected chi connectivity index (χ4v) is 1.55. The third-order valence-electron chi connectivity index (χ3n) is 2.90. The van der Waals surface area contributed by atoms with Crippen LogP contribution in [0.4, 0.5) is 0 Å². The zero-order valence-electron chi connectivity index (χ0n) is 10.3. The highest BCUT2D eigenvalue weighted by molar-refractivity contribution is 5.97. The molecule has 2 heteroatoms. The molecule has 0 fully saturated rings. The molecule has 0 heterocycles. The largest absolute Gasteiger partial charge is 0.396 e. The van der Waals surface area contributed by atoms with Crippen LogP contribution >= 0.6 is 0 Å². The van der Waals surface area contributed by atoms with Crippen molar-refractivity contribution in [1.82, 2.24) is 0 Å². The van der Waals surface area contributed by atoms with Crippen LogP contribution in [-0.4, -0.2) is 17.5 Å². The summed E-state index contributed by atoms with van der Waals surface area (Å²) in [6.45, 7) is 6.01. The highest BCUT2D eigenvalue weighted by atomic mass is 16.3. The normalized spacial score (nSPS) is 11.5. The van der Waals surface area contributed by atoms with Gasteiger partial charge in [0.05, 0.1) is 0 Å². The van der Waals surface area contributed by atoms with E-state index in [4.69, 9.17) is 5.11 Å². The van der Waals surface area contributed by atoms with Crippen LogP contribution in [0.15, 0.2) is 24.3 Å². The molecule has 1 rings (SSSR count). The number of hydrogen-bond acceptors (Lipinski definition) is 2. The van der Waals surface area contributed by atoms with Gasteiger partial charge in [-0.25, -0.2) is 0 Å². The number of aliphatic hydroxyl groups is 1. The van der Waals surface area contributed by atoms with Crippen LogP contribution in [0.2, 0.25) is 0 Å². The first-order chi connectivity index (χ1) is 7.46. The number of Topliss-reactive ketones (excluding diaryl/α,β-unsaturated/α-hetero) is 1. The van der Waals surface area contributed by atoms with Crippen molar-refractivity contribution in [3.63, 3.8) is 0 Å². The van der Waals surface area contributed by atoms with E-state index in [9.17, 15) is 4.79 Å². The smallest absolute Gasteiger partial charge is 0.163 e. The van der Waals surface area contributed by atoms with Crippen LogP contribution < -0.4 is 0 Å². The monoisotopic (exact) mass is 220 g/mol. The minimum atomic E-state index is -0.168. The third kappa shape index (κ3) is 3.46. The van der Waals surface area contributed by atoms with Crippen LogP contribution in [-0.2, 0) is 0 Å². The number of aryl methyl sites for hydroxylation is 1. The van der Waals surface area contributed by atoms with Gasteiger partial charge in [-0.1, -0.05) is 38.1 Å². The summed E-state index contributed by atoms with van der Waals surface area (Å²) >= 11 is 0. The average molecular weight is 220 g/mol. The Labute approximate surface area is 97.3 Å². The molecular formula is C14H20O2. The molecule has 0 aliphatic rings. The highest BCUT2D eigenvalue weighted by Gasteiger charge is 2.19. The van der Waals surface area contributed by atoms with E-state index >= 15 is 0 Å². The van der Waals surface area contributed by atoms with Crippen LogP contribution in [0, 0.1) is 12.3 Å². The van der Waals surface area contributed by atoms with Gasteiger partial charge in [0.15, 0.2) is 5.78 Å². The Kier molecular flexibility index (Phi) is 4.25. The average Bonchev–Trinajstić information content (AvgIpc) is 2.27. The highest BCUT2D eigenvalue weighted by Crippen LogP contribution is 2.23. The van der Waals surface area contributed by atoms with Crippen LogP contribution in [0.3, 0.4) is 0 Å². The first kappa shape index (κ1) is 12.9. The Balaban J connectivity index is 2.64. The molecule has 0 bridgehead atoms. The minimum Gasteiger partial charge on any atom is -0.396 e. The summed E-state index contributed by atoms with van der Waals surface area (Å²) < 4.78 is 0. The van der Waals surface area contributed by atoms with Gasteiger partial charge in [-0.05, 0) is 24.3 Å². The fraction of sp³-hybridized carbons (Fsp3) is 0.500. The SMILES string of the molecule is Cc1ccccc1C(=O)CCC(C)(C)CO. The van der Waals surface area contributed by atoms with Crippen molar-refractivity contribution in [2.75, 3.05) is 6.61 Å². The minimum absolute atomic E-state index is 0.119. The maximum absolute atomic E-state index is 11.9. The lowest BCUT2D eigenvalue weighted by Crippen LogP contribution is -2.18. The molecule has 0 amide bonds. The predicted octanol–water partition coefficient (Wildman–Crippen LogP) is 2.98. The van der Waals surface area contributed by atoms with Crippen molar-refractivity contribution in [1.29, 1.82) is 0 Å². The number of ketones is 1. The van der Waals surface area contributed by atoms with Gasteiger partial charge in [0.1, 0.15) is 0 Å². The Bertz CT molecular complexity index is 367. The molecule has 16 heavy (non-hydrogen) atoms. The number of rotatable bonds is 5. The first-order valence-electron chi connectivity index (χ1n) is 5.66. The van der Waals surface area contributed by atoms with E-state index in [-0.39, 0.29) is 17.8 Å². The van der Waals surface area contributed by atoms with Crippen molar-refractivity contribution in [2.45, 2.75) is 33.6 Å². The van der Waals surface area contributed by atoms with Gasteiger partial charge in [0.25, 0.3) is 0 Å². The number of carbonyl (C=O) groups excluding carboxylic acids is 1. The van der Waals surface area contributed by atoms with E-state index in [1.807, 2.05) is 45.0 Å². The summed E-state index contributed by atoms with van der Waals surface area (Å²) in [6, 6.07) is 7.63. The van der Waals surface area contributed by atoms with Crippen molar-refractivity contribution in [3.8, 4) is 0 Å². The molecule has 0 aliphatic carbocycles. The summed E-state index contributed by atoms with van der Waals surface area (Å²) in [7, 11) is 0. The summed E-state index contributed by atoms with van der Waals surface area (Å²) in [5.74, 6) is 0.166. The first-order valence-corrected chi connectivity index (χ1v) is 5.66. The van der Waals surface area contributed by atoms with E-state index in [0.717, 1.165) is 17.5 Å². The maximum atomic E-state index is 11.9. The van der Waals surface area contributed by atoms with E-state index in [0.29, 0.717) is 6.42 Å². The summed E-state index contributed by atoms with van der Waals surface area (Å²) in [4.78, 5) is 11.9. The lowest BCUT2D eigenvalue weighted by Gasteiger charge is -2.20. The van der Waals surface area contributed by atoms with Crippen LogP contribution in [0.1, 0.15) is 42.6 Å². The molecule has 1 aromatic rings. The van der Waals surface area contributed by atoms with Gasteiger partial charge >= 0.3 is 0 Å². The molecule has 1 N–H and O–H groups in total. The third-order valence-corrected chi connectivity index (χ3v) is 2.90. The predicted molar refractivity (Wildman–Crippen MR) is 65.6 cm³/mol. The molecule has 1 aromatic carbocycles. The molecule has 0 aromatic heterocycles. The standard InChI is InChI=1S/C14H20O2/c1-11-6-4-5-7-12(11)13(16)8-9-14(2,3)10-15/h4-7,15H,8-10H2,1-3H3. The van der Waals surface area contributed by atoms with Gasteiger partial charge in [0, 0.05) is 18.6 Å². The molecule has 0 radical (unpaired) electrons. The second-order valence-corrected chi connectivity index (χ2v) is 5.06. The number of hydrogen-bond donors (Lipinski definition) is 1. The fourth-order valence-electron chi connectivity index (χ4n) is 1.55. The Hall–Kier alpha value is -1.15. The molecule has 2 nitrogen and oxygen atoms in total. The van der Waals surface area contributed by atoms with Crippen LogP contribution in [0.25, 0.3) is 0 Å². The van der Waals surface area contributed by atoms with E-state index in [2.05, 4.69) is 0 Å². The van der Waals surface area contributed by atoms with Crippen LogP contribution in [0.5, 0.6) is 0 Å². The molecule has 0 aliphatic heterocycles. The number of benzene rings is 1. The van der Waals surface area contributed by atoms with Crippen molar-refractivity contribution < 1.29 is 9.90 Å². The van der Waals surface area contributed by atoms with E-state index in [1.54, 1.807) is 0 Å². The van der Waals surface area contributed by atoms with Gasteiger partial charge in [-0.2, -0.15) is 0 Å². The second kappa shape index (κ2) is 5.26. The number of aliphatic hydroxyl groups excluding tert-OH is 1. The van der Waals surface area contributed by atoms with Crippen molar-refractivity contribution in [2.24, 2.45) is 5.41 Å². The lowest BCUT2D eigenvalue weighted by atomic mass is 9.87. The molecule has 0 saturated carbocycles. The number of carbonyl (C=O) groups is 1. The maximum Gasteiger partial charge on any atom is 0.163 e. The Morgan fingerprint density at radius 2 is 1.94 bits per heavy atom. The summed E-state index contributed by atoms with van der Waals surface area (Å²) in [6.07, 6.45) is 1.22. The quantitative estimate of drug-likeness (QED) is 0.774. The zero-order chi connectivity index (χ0) is 12.2. The van der Waals surface area contributed by atoms with Gasteiger partial charge in [-0.15, -0.1) is 0 Å². The van der Waals surface area contributed by atoms with Crippen molar-refractivity contribution in [3.05, 3.63) is 35.4 Å². The molecule has 0 saturated heterocycles. The molecule has 0 unspecified atom stereocenters. The van der Waals surface area contributed by atoms with E-state index < -0.39 is 0 Å². The van der Waals surface area contributed by atoms with Gasteiger partial charge < -0.3 is 5.11 Å². The Morgan fingerprint density at radius 1 is 1.31 bits per heavy atom. The zero-order valence-corrected chi connectivity index (χ0v) is 10.3. The summed E-state index contributed by atoms with van der Waals surface area (Å²) in [5, 5.41) is 9.12. The second-order valence-electron chi connectivity index (χ2n) is 5.06. The molecule has 0 spiro atoms. The molecular weight excluding hydrogens is 200 g/mol. The van der Waals surface area contributed by atoms with E-state index in [1.165, 1.54) is 0 Å². The summed E-state index contributed by atoms with van der Waals surface area (Å²) in [5.41, 5.74) is 1.66. The lowest BCUT2D eigenvalue weighted by molar-refractivity contribution is 0.0933. The Morgan fingerprint density at radius 3 is 2.50 bits per heavy atom. The van der Waals surface area contributed by atoms with Gasteiger partial charge in [0.2, 0.25) is 0 Å². The van der Waals surface area contributed by atoms with Gasteiger partial charge in [-0.3, -0.25) is 4.79 Å². The molecule has 0 atom stereocenters. The molecule has 88 valence electrons.